The highest BCUT2D eigenvalue weighted by molar-refractivity contribution is 7.79. The minimum absolute atomic E-state index is 0.102. The first-order valence-corrected chi connectivity index (χ1v) is 12.7. The molecule has 0 aliphatic heterocycles. The molecule has 0 bridgehead atoms. The summed E-state index contributed by atoms with van der Waals surface area (Å²) in [4.78, 5) is 8.06. The first kappa shape index (κ1) is 30.6. The molecule has 4 rings (SSSR count). The first-order valence-electron chi connectivity index (χ1n) is 11.3. The Bertz CT molecular complexity index is 1460. The molecule has 0 fully saturated rings. The number of guanidine groups is 2. The van der Waals surface area contributed by atoms with Crippen molar-refractivity contribution < 1.29 is 27.0 Å². The number of fused-ring (bicyclic) bond motifs is 2. The van der Waals surface area contributed by atoms with Crippen LogP contribution < -0.4 is 32.4 Å². The molecule has 0 heterocycles. The van der Waals surface area contributed by atoms with Crippen LogP contribution in [-0.4, -0.2) is 43.7 Å². The second-order valence-electron chi connectivity index (χ2n) is 7.88. The molecule has 0 amide bonds. The molecule has 0 spiro atoms. The van der Waals surface area contributed by atoms with Crippen LogP contribution in [0.15, 0.2) is 82.8 Å². The Balaban J connectivity index is 0.000000234. The summed E-state index contributed by atoms with van der Waals surface area (Å²) >= 11 is 0. The number of nitrogens with zero attached hydrogens (tertiary/aromatic N) is 2. The summed E-state index contributed by atoms with van der Waals surface area (Å²) < 4.78 is 42.2. The van der Waals surface area contributed by atoms with E-state index in [9.17, 15) is 0 Å². The number of rotatable bonds is 6. The van der Waals surface area contributed by atoms with Crippen molar-refractivity contribution in [1.82, 2.24) is 0 Å². The number of hydrogen-bond acceptors (Lipinski definition) is 6. The molecule has 0 unspecified atom stereocenters. The summed E-state index contributed by atoms with van der Waals surface area (Å²) in [6.45, 7) is 0.958. The molecule has 12 nitrogen and oxygen atoms in total. The van der Waals surface area contributed by atoms with Gasteiger partial charge in [0, 0.05) is 10.8 Å². The van der Waals surface area contributed by atoms with Crippen LogP contribution in [0, 0.1) is 0 Å². The maximum atomic E-state index is 8.74. The summed E-state index contributed by atoms with van der Waals surface area (Å²) in [5.74, 6) is 1.91. The molecule has 0 saturated carbocycles. The van der Waals surface area contributed by atoms with Gasteiger partial charge in [0.15, 0.2) is 11.9 Å². The second kappa shape index (κ2) is 14.4. The van der Waals surface area contributed by atoms with Gasteiger partial charge in [0.1, 0.15) is 11.5 Å². The van der Waals surface area contributed by atoms with Crippen LogP contribution in [0.4, 0.5) is 0 Å². The highest BCUT2D eigenvalue weighted by Crippen LogP contribution is 2.29. The predicted molar refractivity (Wildman–Crippen MR) is 154 cm³/mol. The topological polar surface area (TPSA) is 222 Å². The highest BCUT2D eigenvalue weighted by Gasteiger charge is 2.06. The minimum Gasteiger partial charge on any atom is -0.496 e. The molecule has 13 heteroatoms. The van der Waals surface area contributed by atoms with Gasteiger partial charge in [-0.1, -0.05) is 60.7 Å². The zero-order chi connectivity index (χ0) is 29.0. The lowest BCUT2D eigenvalue weighted by molar-refractivity contribution is 0.381. The van der Waals surface area contributed by atoms with Crippen molar-refractivity contribution in [1.29, 1.82) is 0 Å². The van der Waals surface area contributed by atoms with Crippen molar-refractivity contribution in [3.63, 3.8) is 0 Å². The minimum atomic E-state index is -4.67. The molecule has 208 valence electrons. The van der Waals surface area contributed by atoms with E-state index in [1.54, 1.807) is 14.2 Å². The van der Waals surface area contributed by atoms with Gasteiger partial charge in [0.25, 0.3) is 0 Å². The zero-order valence-electron chi connectivity index (χ0n) is 21.5. The second-order valence-corrected chi connectivity index (χ2v) is 8.77. The van der Waals surface area contributed by atoms with Crippen LogP contribution in [0.5, 0.6) is 11.5 Å². The molecule has 0 radical (unpaired) electrons. The lowest BCUT2D eigenvalue weighted by atomic mass is 10.0. The van der Waals surface area contributed by atoms with Gasteiger partial charge in [-0.25, -0.2) is 9.98 Å². The molecular weight excluding hydrogens is 524 g/mol. The van der Waals surface area contributed by atoms with Gasteiger partial charge in [-0.05, 0) is 34.0 Å². The van der Waals surface area contributed by atoms with Gasteiger partial charge in [0.05, 0.1) is 27.3 Å². The first-order chi connectivity index (χ1) is 18.4. The number of aliphatic imine (C=N–C) groups is 2. The monoisotopic (exact) mass is 556 g/mol. The van der Waals surface area contributed by atoms with Crippen LogP contribution >= 0.6 is 0 Å². The third kappa shape index (κ3) is 10.0. The van der Waals surface area contributed by atoms with Crippen LogP contribution in [0.2, 0.25) is 0 Å². The smallest absolute Gasteiger partial charge is 0.394 e. The summed E-state index contributed by atoms with van der Waals surface area (Å²) in [5, 5.41) is 4.35. The Labute approximate surface area is 226 Å². The normalized spacial score (nSPS) is 10.4. The lowest BCUT2D eigenvalue weighted by Gasteiger charge is -2.08. The standard InChI is InChI=1S/2C13H15N3O.H2O4S/c2*1-17-12-7-6-9(8-16-13(14)15)10-4-2-3-5-11(10)12;1-5(2,3)4/h2*2-7H,8H2,1H3,(H4,14,15,16);(H2,1,2,3,4). The molecule has 39 heavy (non-hydrogen) atoms. The summed E-state index contributed by atoms with van der Waals surface area (Å²) in [7, 11) is -1.34. The average Bonchev–Trinajstić information content (AvgIpc) is 2.89. The van der Waals surface area contributed by atoms with Crippen molar-refractivity contribution in [2.45, 2.75) is 13.1 Å². The lowest BCUT2D eigenvalue weighted by Crippen LogP contribution is -2.22. The largest absolute Gasteiger partial charge is 0.496 e. The Kier molecular flexibility index (Phi) is 11.3. The van der Waals surface area contributed by atoms with E-state index in [0.29, 0.717) is 13.1 Å². The van der Waals surface area contributed by atoms with E-state index in [1.165, 1.54) is 0 Å². The SMILES string of the molecule is COc1ccc(CN=C(N)N)c2ccccc12.COc1ccc(CN=C(N)N)c2ccccc12.O=S(=O)(O)O. The Hall–Kier alpha value is -4.59. The van der Waals surface area contributed by atoms with Gasteiger partial charge in [-0.3, -0.25) is 9.11 Å². The van der Waals surface area contributed by atoms with Crippen molar-refractivity contribution >= 4 is 43.9 Å². The zero-order valence-corrected chi connectivity index (χ0v) is 22.3. The fraction of sp³-hybridized carbons (Fsp3) is 0.154. The fourth-order valence-electron chi connectivity index (χ4n) is 3.65. The molecule has 10 N–H and O–H groups in total. The van der Waals surface area contributed by atoms with E-state index >= 15 is 0 Å². The van der Waals surface area contributed by atoms with Gasteiger partial charge in [0.2, 0.25) is 0 Å². The molecule has 0 aliphatic rings. The maximum absolute atomic E-state index is 8.74. The Morgan fingerprint density at radius 3 is 1.23 bits per heavy atom. The maximum Gasteiger partial charge on any atom is 0.394 e. The van der Waals surface area contributed by atoms with Gasteiger partial charge in [-0.15, -0.1) is 0 Å². The van der Waals surface area contributed by atoms with E-state index < -0.39 is 10.4 Å². The summed E-state index contributed by atoms with van der Waals surface area (Å²) in [5.41, 5.74) is 23.5. The number of nitrogens with two attached hydrogens (primary N) is 4. The van der Waals surface area contributed by atoms with E-state index in [2.05, 4.69) is 9.98 Å². The molecule has 4 aromatic rings. The fourth-order valence-corrected chi connectivity index (χ4v) is 3.65. The van der Waals surface area contributed by atoms with Gasteiger partial charge >= 0.3 is 10.4 Å². The van der Waals surface area contributed by atoms with Gasteiger partial charge in [-0.2, -0.15) is 8.42 Å². The highest BCUT2D eigenvalue weighted by atomic mass is 32.3. The Morgan fingerprint density at radius 1 is 0.641 bits per heavy atom. The average molecular weight is 557 g/mol. The van der Waals surface area contributed by atoms with E-state index in [0.717, 1.165) is 44.2 Å². The van der Waals surface area contributed by atoms with Crippen LogP contribution in [0.25, 0.3) is 21.5 Å². The van der Waals surface area contributed by atoms with Crippen LogP contribution in [-0.2, 0) is 23.5 Å². The third-order valence-corrected chi connectivity index (χ3v) is 5.25. The van der Waals surface area contributed by atoms with Crippen LogP contribution in [0.1, 0.15) is 11.1 Å². The van der Waals surface area contributed by atoms with Crippen molar-refractivity contribution in [2.75, 3.05) is 14.2 Å². The molecule has 0 aliphatic carbocycles. The number of hydrogen-bond donors (Lipinski definition) is 6. The number of ether oxygens (including phenoxy) is 2. The van der Waals surface area contributed by atoms with Crippen molar-refractivity contribution in [3.8, 4) is 11.5 Å². The van der Waals surface area contributed by atoms with E-state index in [4.69, 9.17) is 49.9 Å². The quantitative estimate of drug-likeness (QED) is 0.116. The van der Waals surface area contributed by atoms with Crippen molar-refractivity contribution in [3.05, 3.63) is 83.9 Å². The van der Waals surface area contributed by atoms with Crippen molar-refractivity contribution in [2.24, 2.45) is 32.9 Å². The Morgan fingerprint density at radius 2 is 0.949 bits per heavy atom. The summed E-state index contributed by atoms with van der Waals surface area (Å²) in [6, 6.07) is 23.9. The molecule has 0 saturated heterocycles. The van der Waals surface area contributed by atoms with Crippen LogP contribution in [0.3, 0.4) is 0 Å². The third-order valence-electron chi connectivity index (χ3n) is 5.25. The van der Waals surface area contributed by atoms with E-state index in [-0.39, 0.29) is 11.9 Å². The molecule has 4 aromatic carbocycles. The van der Waals surface area contributed by atoms with Gasteiger partial charge < -0.3 is 32.4 Å². The predicted octanol–water partition coefficient (Wildman–Crippen LogP) is 2.59. The summed E-state index contributed by atoms with van der Waals surface area (Å²) in [6.07, 6.45) is 0. The number of methoxy groups -OCH3 is 2. The molecule has 0 atom stereocenters. The molecular formula is C26H32N6O6S. The van der Waals surface area contributed by atoms with E-state index in [1.807, 2.05) is 72.8 Å². The molecule has 0 aromatic heterocycles. The number of benzene rings is 4.